The molecule has 3 N–H and O–H groups in total. The molecule has 9 heteroatoms. The van der Waals surface area contributed by atoms with Gasteiger partial charge in [0, 0.05) is 12.2 Å². The second kappa shape index (κ2) is 6.62. The molecule has 6 nitrogen and oxygen atoms in total. The van der Waals surface area contributed by atoms with Gasteiger partial charge in [-0.15, -0.1) is 0 Å². The van der Waals surface area contributed by atoms with E-state index in [4.69, 9.17) is 21.5 Å². The van der Waals surface area contributed by atoms with Crippen LogP contribution in [0.25, 0.3) is 0 Å². The normalized spacial score (nSPS) is 19.3. The molecule has 1 heterocycles. The molecule has 0 aliphatic carbocycles. The minimum atomic E-state index is -3.98. The highest BCUT2D eigenvalue weighted by molar-refractivity contribution is 9.10. The van der Waals surface area contributed by atoms with Crippen molar-refractivity contribution >= 4 is 43.5 Å². The summed E-state index contributed by atoms with van der Waals surface area (Å²) < 4.78 is 28.4. The number of benzene rings is 1. The molecule has 1 atom stereocenters. The lowest BCUT2D eigenvalue weighted by Crippen LogP contribution is -2.40. The molecule has 0 spiro atoms. The van der Waals surface area contributed by atoms with Crippen molar-refractivity contribution < 1.29 is 17.9 Å². The Bertz CT molecular complexity index is 659. The van der Waals surface area contributed by atoms with Crippen molar-refractivity contribution in [3.63, 3.8) is 0 Å². The zero-order chi connectivity index (χ0) is 15.6. The molecular formula is C12H14BrClN2O4S. The van der Waals surface area contributed by atoms with Crippen LogP contribution >= 0.6 is 27.5 Å². The van der Waals surface area contributed by atoms with Gasteiger partial charge in [-0.1, -0.05) is 11.6 Å². The fourth-order valence-corrected chi connectivity index (χ4v) is 3.86. The van der Waals surface area contributed by atoms with Gasteiger partial charge >= 0.3 is 0 Å². The highest BCUT2D eigenvalue weighted by Crippen LogP contribution is 2.30. The first-order valence-electron chi connectivity index (χ1n) is 6.19. The van der Waals surface area contributed by atoms with E-state index < -0.39 is 15.9 Å². The van der Waals surface area contributed by atoms with Crippen LogP contribution in [0.15, 0.2) is 21.5 Å². The van der Waals surface area contributed by atoms with Crippen molar-refractivity contribution in [2.75, 3.05) is 13.2 Å². The molecule has 1 aliphatic heterocycles. The van der Waals surface area contributed by atoms with Crippen LogP contribution in [0.5, 0.6) is 0 Å². The van der Waals surface area contributed by atoms with Gasteiger partial charge in [0.05, 0.1) is 27.0 Å². The molecule has 1 aromatic rings. The number of sulfonamides is 1. The average Bonchev–Trinajstić information content (AvgIpc) is 2.41. The van der Waals surface area contributed by atoms with Crippen LogP contribution in [0.3, 0.4) is 0 Å². The monoisotopic (exact) mass is 396 g/mol. The first-order valence-corrected chi connectivity index (χ1v) is 8.91. The van der Waals surface area contributed by atoms with E-state index in [0.29, 0.717) is 13.2 Å². The van der Waals surface area contributed by atoms with Crippen molar-refractivity contribution in [3.05, 3.63) is 27.2 Å². The maximum Gasteiger partial charge on any atom is 0.251 e. The number of primary sulfonamides is 1. The summed E-state index contributed by atoms with van der Waals surface area (Å²) in [5, 5.41) is 8.00. The number of halogens is 2. The highest BCUT2D eigenvalue weighted by atomic mass is 79.9. The lowest BCUT2D eigenvalue weighted by molar-refractivity contribution is 0.0624. The van der Waals surface area contributed by atoms with E-state index in [1.165, 1.54) is 12.1 Å². The Morgan fingerprint density at radius 3 is 2.76 bits per heavy atom. The minimum Gasteiger partial charge on any atom is -0.379 e. The Balaban J connectivity index is 2.27. The third-order valence-electron chi connectivity index (χ3n) is 3.06. The van der Waals surface area contributed by atoms with Gasteiger partial charge < -0.3 is 10.1 Å². The summed E-state index contributed by atoms with van der Waals surface area (Å²) in [6.07, 6.45) is 1.69. The quantitative estimate of drug-likeness (QED) is 0.810. The van der Waals surface area contributed by atoms with E-state index in [2.05, 4.69) is 21.2 Å². The number of ether oxygens (including phenoxy) is 1. The first kappa shape index (κ1) is 16.7. The smallest absolute Gasteiger partial charge is 0.251 e. The van der Waals surface area contributed by atoms with Gasteiger partial charge in [-0.05, 0) is 40.9 Å². The molecule has 2 rings (SSSR count). The van der Waals surface area contributed by atoms with Crippen molar-refractivity contribution in [1.82, 2.24) is 5.32 Å². The minimum absolute atomic E-state index is 0.0911. The predicted octanol–water partition coefficient (Wildman–Crippen LogP) is 1.66. The number of nitrogens with two attached hydrogens (primary N) is 1. The Kier molecular flexibility index (Phi) is 5.26. The fourth-order valence-electron chi connectivity index (χ4n) is 2.03. The van der Waals surface area contributed by atoms with Crippen LogP contribution in [-0.2, 0) is 14.8 Å². The van der Waals surface area contributed by atoms with Crippen molar-refractivity contribution in [2.24, 2.45) is 5.14 Å². The van der Waals surface area contributed by atoms with Gasteiger partial charge in [-0.2, -0.15) is 0 Å². The number of carbonyl (C=O) groups is 1. The number of nitrogens with one attached hydrogen (secondary N) is 1. The summed E-state index contributed by atoms with van der Waals surface area (Å²) in [7, 11) is -3.98. The van der Waals surface area contributed by atoms with E-state index in [0.717, 1.165) is 12.8 Å². The molecular weight excluding hydrogens is 384 g/mol. The molecule has 1 fully saturated rings. The van der Waals surface area contributed by atoms with Gasteiger partial charge in [0.15, 0.2) is 0 Å². The maximum absolute atomic E-state index is 12.2. The predicted molar refractivity (Wildman–Crippen MR) is 81.8 cm³/mol. The SMILES string of the molecule is NS(=O)(=O)c1cc(C(=O)NC2CCCOC2)cc(Cl)c1Br. The summed E-state index contributed by atoms with van der Waals surface area (Å²) in [6.45, 7) is 1.13. The fraction of sp³-hybridized carbons (Fsp3) is 0.417. The number of hydrogen-bond donors (Lipinski definition) is 2. The zero-order valence-corrected chi connectivity index (χ0v) is 14.1. The van der Waals surface area contributed by atoms with Crippen LogP contribution in [0.2, 0.25) is 5.02 Å². The Morgan fingerprint density at radius 2 is 2.19 bits per heavy atom. The highest BCUT2D eigenvalue weighted by Gasteiger charge is 2.21. The van der Waals surface area contributed by atoms with Gasteiger partial charge in [-0.3, -0.25) is 4.79 Å². The summed E-state index contributed by atoms with van der Waals surface area (Å²) in [5.41, 5.74) is 0.137. The molecule has 21 heavy (non-hydrogen) atoms. The third kappa shape index (κ3) is 4.17. The second-order valence-corrected chi connectivity index (χ2v) is 7.43. The molecule has 0 saturated carbocycles. The number of rotatable bonds is 3. The number of amides is 1. The van der Waals surface area contributed by atoms with Crippen LogP contribution in [0.1, 0.15) is 23.2 Å². The lowest BCUT2D eigenvalue weighted by atomic mass is 10.1. The van der Waals surface area contributed by atoms with Crippen LogP contribution in [0, 0.1) is 0 Å². The summed E-state index contributed by atoms with van der Waals surface area (Å²) in [5.74, 6) is -0.412. The van der Waals surface area contributed by atoms with Gasteiger partial charge in [0.25, 0.3) is 5.91 Å². The Morgan fingerprint density at radius 1 is 1.48 bits per heavy atom. The molecule has 1 amide bonds. The lowest BCUT2D eigenvalue weighted by Gasteiger charge is -2.23. The zero-order valence-electron chi connectivity index (χ0n) is 10.9. The average molecular weight is 398 g/mol. The van der Waals surface area contributed by atoms with E-state index in [1.54, 1.807) is 0 Å². The molecule has 1 aromatic carbocycles. The van der Waals surface area contributed by atoms with Crippen LogP contribution < -0.4 is 10.5 Å². The van der Waals surface area contributed by atoms with Crippen molar-refractivity contribution in [1.29, 1.82) is 0 Å². The molecule has 0 bridgehead atoms. The summed E-state index contributed by atoms with van der Waals surface area (Å²) in [6, 6.07) is 2.50. The van der Waals surface area contributed by atoms with Gasteiger partial charge in [-0.25, -0.2) is 13.6 Å². The van der Waals surface area contributed by atoms with Gasteiger partial charge in [0.2, 0.25) is 10.0 Å². The first-order chi connectivity index (χ1) is 9.79. The largest absolute Gasteiger partial charge is 0.379 e. The van der Waals surface area contributed by atoms with Crippen LogP contribution in [-0.4, -0.2) is 33.6 Å². The van der Waals surface area contributed by atoms with Crippen molar-refractivity contribution in [3.8, 4) is 0 Å². The number of carbonyl (C=O) groups excluding carboxylic acids is 1. The van der Waals surface area contributed by atoms with E-state index >= 15 is 0 Å². The second-order valence-electron chi connectivity index (χ2n) is 4.70. The summed E-state index contributed by atoms with van der Waals surface area (Å²) >= 11 is 9.00. The Hall–Kier alpha value is -0.670. The van der Waals surface area contributed by atoms with Crippen LogP contribution in [0.4, 0.5) is 0 Å². The molecule has 1 unspecified atom stereocenters. The molecule has 0 aromatic heterocycles. The molecule has 0 radical (unpaired) electrons. The van der Waals surface area contributed by atoms with E-state index in [1.807, 2.05) is 0 Å². The molecule has 116 valence electrons. The molecule has 1 saturated heterocycles. The number of hydrogen-bond acceptors (Lipinski definition) is 4. The third-order valence-corrected chi connectivity index (χ3v) is 5.64. The van der Waals surface area contributed by atoms with E-state index in [9.17, 15) is 13.2 Å². The van der Waals surface area contributed by atoms with Gasteiger partial charge in [0.1, 0.15) is 0 Å². The Labute approximate surface area is 136 Å². The van der Waals surface area contributed by atoms with E-state index in [-0.39, 0.29) is 26.0 Å². The standard InChI is InChI=1S/C12H14BrClN2O4S/c13-11-9(14)4-7(5-10(11)21(15,18)19)12(17)16-8-2-1-3-20-6-8/h4-5,8H,1-3,6H2,(H,16,17)(H2,15,18,19). The molecule has 1 aliphatic rings. The maximum atomic E-state index is 12.2. The summed E-state index contributed by atoms with van der Waals surface area (Å²) in [4.78, 5) is 12.0. The topological polar surface area (TPSA) is 98.5 Å². The van der Waals surface area contributed by atoms with Crippen molar-refractivity contribution in [2.45, 2.75) is 23.8 Å².